The fourth-order valence-electron chi connectivity index (χ4n) is 8.64. The summed E-state index contributed by atoms with van der Waals surface area (Å²) in [6, 6.07) is 67.7. The Balaban J connectivity index is 1.34. The molecule has 0 saturated carbocycles. The summed E-state index contributed by atoms with van der Waals surface area (Å²) in [6.07, 6.45) is 0. The second-order valence-electron chi connectivity index (χ2n) is 13.5. The van der Waals surface area contributed by atoms with Crippen LogP contribution in [0.2, 0.25) is 0 Å². The first-order chi connectivity index (χ1) is 25.2. The van der Waals surface area contributed by atoms with Gasteiger partial charge in [0.1, 0.15) is 0 Å². The molecular formula is C48H33N2P. The highest BCUT2D eigenvalue weighted by molar-refractivity contribution is 7.19. The van der Waals surface area contributed by atoms with Gasteiger partial charge in [0.15, 0.2) is 5.82 Å². The number of benzene rings is 7. The normalized spacial score (nSPS) is 15.2. The zero-order chi connectivity index (χ0) is 34.0. The van der Waals surface area contributed by atoms with E-state index in [1.165, 1.54) is 50.1 Å². The molecule has 2 atom stereocenters. The standard InChI is InChI=1S/C48H33N2P/c51-48(34-21-9-3-10-22-34,35-23-11-4-12-24-35)36-29-30-38-37-25-13-15-27-40(37)47(42(38)31-36)41-28-16-14-26-39(41)43-44(32-17-5-1-6-18-32)49-46(50-45(43)47)33-19-7-2-8-20-33/h1-31H,51H2. The summed E-state index contributed by atoms with van der Waals surface area (Å²) < 4.78 is 0. The van der Waals surface area contributed by atoms with Crippen LogP contribution in [0.3, 0.4) is 0 Å². The minimum atomic E-state index is -0.650. The van der Waals surface area contributed by atoms with Gasteiger partial charge in [-0.15, -0.1) is 9.24 Å². The van der Waals surface area contributed by atoms with Crippen molar-refractivity contribution >= 4 is 9.24 Å². The Morgan fingerprint density at radius 3 is 1.53 bits per heavy atom. The van der Waals surface area contributed by atoms with E-state index >= 15 is 0 Å². The molecule has 0 amide bonds. The Kier molecular flexibility index (Phi) is 6.78. The summed E-state index contributed by atoms with van der Waals surface area (Å²) >= 11 is 0. The van der Waals surface area contributed by atoms with Crippen LogP contribution in [0, 0.1) is 0 Å². The van der Waals surface area contributed by atoms with E-state index in [0.717, 1.165) is 33.9 Å². The Hall–Kier alpha value is -5.95. The summed E-state index contributed by atoms with van der Waals surface area (Å²) in [7, 11) is 3.26. The van der Waals surface area contributed by atoms with Crippen molar-refractivity contribution in [3.05, 3.63) is 227 Å². The van der Waals surface area contributed by atoms with Crippen LogP contribution < -0.4 is 0 Å². The molecular weight excluding hydrogens is 636 g/mol. The largest absolute Gasteiger partial charge is 0.231 e. The molecule has 0 bridgehead atoms. The molecule has 0 N–H and O–H groups in total. The predicted octanol–water partition coefficient (Wildman–Crippen LogP) is 11.3. The maximum atomic E-state index is 5.65. The van der Waals surface area contributed by atoms with E-state index in [2.05, 4.69) is 191 Å². The summed E-state index contributed by atoms with van der Waals surface area (Å²) in [5.41, 5.74) is 15.6. The van der Waals surface area contributed by atoms with Gasteiger partial charge in [-0.25, -0.2) is 9.97 Å². The third kappa shape index (κ3) is 4.27. The van der Waals surface area contributed by atoms with Crippen molar-refractivity contribution in [3.8, 4) is 44.9 Å². The van der Waals surface area contributed by atoms with Gasteiger partial charge in [0.05, 0.1) is 22.0 Å². The lowest BCUT2D eigenvalue weighted by Crippen LogP contribution is -2.29. The van der Waals surface area contributed by atoms with Crippen LogP contribution in [-0.4, -0.2) is 9.97 Å². The van der Waals surface area contributed by atoms with Gasteiger partial charge in [0.2, 0.25) is 0 Å². The van der Waals surface area contributed by atoms with Crippen molar-refractivity contribution < 1.29 is 0 Å². The second-order valence-corrected chi connectivity index (χ2v) is 14.4. The molecule has 2 aliphatic rings. The van der Waals surface area contributed by atoms with Crippen LogP contribution in [0.15, 0.2) is 188 Å². The first kappa shape index (κ1) is 29.9. The maximum absolute atomic E-state index is 5.65. The fourth-order valence-corrected chi connectivity index (χ4v) is 9.20. The second kappa shape index (κ2) is 11.6. The van der Waals surface area contributed by atoms with Gasteiger partial charge >= 0.3 is 0 Å². The van der Waals surface area contributed by atoms with E-state index in [1.54, 1.807) is 0 Å². The zero-order valence-electron chi connectivity index (χ0n) is 27.9. The molecule has 7 aromatic carbocycles. The highest BCUT2D eigenvalue weighted by Gasteiger charge is 2.54. The molecule has 2 nitrogen and oxygen atoms in total. The van der Waals surface area contributed by atoms with E-state index in [-0.39, 0.29) is 0 Å². The molecule has 1 aromatic heterocycles. The number of hydrogen-bond acceptors (Lipinski definition) is 2. The number of fused-ring (bicyclic) bond motifs is 10. The molecule has 3 heteroatoms. The molecule has 0 aliphatic heterocycles. The van der Waals surface area contributed by atoms with Gasteiger partial charge in [0.25, 0.3) is 0 Å². The Bertz CT molecular complexity index is 2540. The van der Waals surface area contributed by atoms with Gasteiger partial charge in [-0.3, -0.25) is 0 Å². The van der Waals surface area contributed by atoms with E-state index < -0.39 is 10.6 Å². The minimum Gasteiger partial charge on any atom is -0.231 e. The lowest BCUT2D eigenvalue weighted by molar-refractivity contribution is 0.753. The van der Waals surface area contributed by atoms with Crippen molar-refractivity contribution in [1.82, 2.24) is 9.97 Å². The van der Waals surface area contributed by atoms with Crippen LogP contribution >= 0.6 is 9.24 Å². The van der Waals surface area contributed by atoms with E-state index in [9.17, 15) is 0 Å². The SMILES string of the molecule is PC(c1ccccc1)(c1ccccc1)c1ccc2c(c1)C1(c3ccccc3-2)c2ccccc2-c2c(-c3ccccc3)nc(-c3ccccc3)nc21. The summed E-state index contributed by atoms with van der Waals surface area (Å²) in [4.78, 5) is 11.0. The molecule has 2 aliphatic carbocycles. The first-order valence-electron chi connectivity index (χ1n) is 17.5. The lowest BCUT2D eigenvalue weighted by Gasteiger charge is -2.34. The van der Waals surface area contributed by atoms with Crippen LogP contribution in [0.4, 0.5) is 0 Å². The molecule has 2 unspecified atom stereocenters. The molecule has 240 valence electrons. The highest BCUT2D eigenvalue weighted by Crippen LogP contribution is 2.64. The highest BCUT2D eigenvalue weighted by atomic mass is 31.0. The average Bonchev–Trinajstić information content (AvgIpc) is 3.68. The third-order valence-corrected chi connectivity index (χ3v) is 11.9. The summed E-state index contributed by atoms with van der Waals surface area (Å²) in [5.74, 6) is 0.733. The Morgan fingerprint density at radius 2 is 0.902 bits per heavy atom. The average molecular weight is 669 g/mol. The molecule has 1 heterocycles. The van der Waals surface area contributed by atoms with Gasteiger partial charge < -0.3 is 0 Å². The molecule has 0 radical (unpaired) electrons. The van der Waals surface area contributed by atoms with E-state index in [1.807, 2.05) is 6.07 Å². The quantitative estimate of drug-likeness (QED) is 0.135. The lowest BCUT2D eigenvalue weighted by atomic mass is 9.71. The monoisotopic (exact) mass is 668 g/mol. The number of hydrogen-bond donors (Lipinski definition) is 0. The van der Waals surface area contributed by atoms with E-state index in [4.69, 9.17) is 9.97 Å². The smallest absolute Gasteiger partial charge is 0.160 e. The molecule has 1 spiro atoms. The predicted molar refractivity (Wildman–Crippen MR) is 212 cm³/mol. The van der Waals surface area contributed by atoms with Crippen LogP contribution in [0.5, 0.6) is 0 Å². The first-order valence-corrected chi connectivity index (χ1v) is 18.0. The van der Waals surface area contributed by atoms with Crippen molar-refractivity contribution in [2.45, 2.75) is 10.6 Å². The summed E-state index contributed by atoms with van der Waals surface area (Å²) in [6.45, 7) is 0. The minimum absolute atomic E-state index is 0.482. The Labute approximate surface area is 300 Å². The van der Waals surface area contributed by atoms with Gasteiger partial charge in [-0.1, -0.05) is 188 Å². The van der Waals surface area contributed by atoms with Crippen molar-refractivity contribution in [3.63, 3.8) is 0 Å². The van der Waals surface area contributed by atoms with Crippen LogP contribution in [-0.2, 0) is 10.6 Å². The van der Waals surface area contributed by atoms with Crippen molar-refractivity contribution in [2.24, 2.45) is 0 Å². The summed E-state index contributed by atoms with van der Waals surface area (Å²) in [5, 5.41) is -0.482. The van der Waals surface area contributed by atoms with Crippen LogP contribution in [0.25, 0.3) is 44.9 Å². The molecule has 0 saturated heterocycles. The number of rotatable bonds is 5. The molecule has 0 fully saturated rings. The van der Waals surface area contributed by atoms with Gasteiger partial charge in [-0.05, 0) is 50.1 Å². The number of nitrogens with zero attached hydrogens (tertiary/aromatic N) is 2. The third-order valence-electron chi connectivity index (χ3n) is 10.9. The van der Waals surface area contributed by atoms with Gasteiger partial charge in [0, 0.05) is 16.7 Å². The maximum Gasteiger partial charge on any atom is 0.160 e. The molecule has 10 rings (SSSR count). The topological polar surface area (TPSA) is 25.8 Å². The Morgan fingerprint density at radius 1 is 0.412 bits per heavy atom. The van der Waals surface area contributed by atoms with Crippen molar-refractivity contribution in [2.75, 3.05) is 0 Å². The number of aromatic nitrogens is 2. The zero-order valence-corrected chi connectivity index (χ0v) is 29.0. The fraction of sp³-hybridized carbons (Fsp3) is 0.0417. The van der Waals surface area contributed by atoms with E-state index in [0.29, 0.717) is 0 Å². The van der Waals surface area contributed by atoms with Crippen molar-refractivity contribution in [1.29, 1.82) is 0 Å². The van der Waals surface area contributed by atoms with Gasteiger partial charge in [-0.2, -0.15) is 0 Å². The molecule has 51 heavy (non-hydrogen) atoms. The molecule has 8 aromatic rings. The van der Waals surface area contributed by atoms with Crippen LogP contribution in [0.1, 0.15) is 39.1 Å².